The van der Waals surface area contributed by atoms with Crippen LogP contribution in [0.4, 0.5) is 5.69 Å². The highest BCUT2D eigenvalue weighted by Gasteiger charge is 2.27. The van der Waals surface area contributed by atoms with E-state index in [1.54, 1.807) is 36.4 Å². The predicted molar refractivity (Wildman–Crippen MR) is 108 cm³/mol. The maximum Gasteiger partial charge on any atom is 0.262 e. The number of benzene rings is 2. The number of sulfonamides is 1. The molecule has 11 heteroatoms. The molecule has 0 unspecified atom stereocenters. The lowest BCUT2D eigenvalue weighted by Crippen LogP contribution is -2.28. The third-order valence-electron chi connectivity index (χ3n) is 4.64. The van der Waals surface area contributed by atoms with Crippen molar-refractivity contribution in [2.75, 3.05) is 25.0 Å². The van der Waals surface area contributed by atoms with E-state index in [2.05, 4.69) is 20.8 Å². The van der Waals surface area contributed by atoms with Gasteiger partial charge in [0.05, 0.1) is 10.6 Å². The maximum absolute atomic E-state index is 12.7. The molecular formula is C19H20N6O4S. The highest BCUT2D eigenvalue weighted by molar-refractivity contribution is 7.89. The van der Waals surface area contributed by atoms with E-state index in [1.807, 2.05) is 0 Å². The van der Waals surface area contributed by atoms with E-state index in [0.29, 0.717) is 24.5 Å². The van der Waals surface area contributed by atoms with Gasteiger partial charge in [0.1, 0.15) is 12.1 Å². The summed E-state index contributed by atoms with van der Waals surface area (Å²) in [6.07, 6.45) is 3.20. The average Bonchev–Trinajstić information content (AvgIpc) is 3.47. The molecule has 10 nitrogen and oxygen atoms in total. The normalized spacial score (nSPS) is 14.5. The topological polar surface area (TPSA) is 119 Å². The Morgan fingerprint density at radius 2 is 1.87 bits per heavy atom. The fraction of sp³-hybridized carbons (Fsp3) is 0.263. The second-order valence-electron chi connectivity index (χ2n) is 6.72. The van der Waals surface area contributed by atoms with Crippen molar-refractivity contribution in [1.82, 2.24) is 24.5 Å². The van der Waals surface area contributed by atoms with E-state index in [0.717, 1.165) is 18.5 Å². The minimum atomic E-state index is -3.54. The third-order valence-corrected chi connectivity index (χ3v) is 6.54. The molecule has 156 valence electrons. The summed E-state index contributed by atoms with van der Waals surface area (Å²) in [4.78, 5) is 12.4. The first-order valence-electron chi connectivity index (χ1n) is 9.39. The molecule has 1 aromatic heterocycles. The number of hydrogen-bond donors (Lipinski definition) is 1. The number of amides is 1. The van der Waals surface area contributed by atoms with E-state index in [9.17, 15) is 13.2 Å². The van der Waals surface area contributed by atoms with Crippen molar-refractivity contribution in [2.45, 2.75) is 17.7 Å². The van der Waals surface area contributed by atoms with Crippen LogP contribution in [-0.4, -0.2) is 58.5 Å². The van der Waals surface area contributed by atoms with Crippen molar-refractivity contribution < 1.29 is 17.9 Å². The van der Waals surface area contributed by atoms with Gasteiger partial charge in [-0.2, -0.15) is 4.31 Å². The zero-order valence-electron chi connectivity index (χ0n) is 16.0. The summed E-state index contributed by atoms with van der Waals surface area (Å²) < 4.78 is 33.8. The first-order valence-corrected chi connectivity index (χ1v) is 10.8. The van der Waals surface area contributed by atoms with E-state index >= 15 is 0 Å². The predicted octanol–water partition coefficient (Wildman–Crippen LogP) is 1.46. The van der Waals surface area contributed by atoms with Gasteiger partial charge in [-0.25, -0.2) is 13.1 Å². The number of tetrazole rings is 1. The first-order chi connectivity index (χ1) is 14.5. The van der Waals surface area contributed by atoms with Crippen LogP contribution in [-0.2, 0) is 14.8 Å². The standard InChI is InChI=1S/C19H20N6O4S/c26-19(13-29-17-8-6-16(7-9-17)25-14-20-22-23-25)21-15-4-3-5-18(12-15)30(27,28)24-10-1-2-11-24/h3-9,12,14H,1-2,10-11,13H2,(H,21,26). The quantitative estimate of drug-likeness (QED) is 0.605. The molecule has 0 spiro atoms. The van der Waals surface area contributed by atoms with Crippen molar-refractivity contribution >= 4 is 21.6 Å². The van der Waals surface area contributed by atoms with E-state index in [-0.39, 0.29) is 11.5 Å². The van der Waals surface area contributed by atoms with Crippen LogP contribution in [0.5, 0.6) is 5.75 Å². The smallest absolute Gasteiger partial charge is 0.262 e. The van der Waals surface area contributed by atoms with Crippen molar-refractivity contribution in [3.63, 3.8) is 0 Å². The Morgan fingerprint density at radius 3 is 2.57 bits per heavy atom. The minimum Gasteiger partial charge on any atom is -0.484 e. The molecular weight excluding hydrogens is 408 g/mol. The van der Waals surface area contributed by atoms with Gasteiger partial charge >= 0.3 is 0 Å². The summed E-state index contributed by atoms with van der Waals surface area (Å²) in [6, 6.07) is 13.2. The van der Waals surface area contributed by atoms with Gasteiger partial charge in [0.2, 0.25) is 10.0 Å². The van der Waals surface area contributed by atoms with E-state index in [4.69, 9.17) is 4.74 Å². The lowest BCUT2D eigenvalue weighted by Gasteiger charge is -2.16. The van der Waals surface area contributed by atoms with Gasteiger partial charge in [-0.1, -0.05) is 6.07 Å². The summed E-state index contributed by atoms with van der Waals surface area (Å²) >= 11 is 0. The van der Waals surface area contributed by atoms with Crippen LogP contribution in [0.2, 0.25) is 0 Å². The maximum atomic E-state index is 12.7. The summed E-state index contributed by atoms with van der Waals surface area (Å²) in [7, 11) is -3.54. The van der Waals surface area contributed by atoms with Gasteiger partial charge in [0.15, 0.2) is 6.61 Å². The lowest BCUT2D eigenvalue weighted by atomic mass is 10.3. The third kappa shape index (κ3) is 4.47. The second kappa shape index (κ2) is 8.59. The summed E-state index contributed by atoms with van der Waals surface area (Å²) in [5, 5.41) is 13.6. The molecule has 1 N–H and O–H groups in total. The molecule has 3 aromatic rings. The molecule has 2 heterocycles. The van der Waals surface area contributed by atoms with Gasteiger partial charge in [-0.3, -0.25) is 4.79 Å². The number of nitrogens with one attached hydrogen (secondary N) is 1. The number of carbonyl (C=O) groups is 1. The van der Waals surface area contributed by atoms with Crippen LogP contribution in [0.15, 0.2) is 59.8 Å². The van der Waals surface area contributed by atoms with E-state index < -0.39 is 15.9 Å². The number of aromatic nitrogens is 4. The van der Waals surface area contributed by atoms with Crippen LogP contribution in [0, 0.1) is 0 Å². The van der Waals surface area contributed by atoms with Gasteiger partial charge in [0.25, 0.3) is 5.91 Å². The Kier molecular flexibility index (Phi) is 5.72. The summed E-state index contributed by atoms with van der Waals surface area (Å²) in [6.45, 7) is 0.839. The van der Waals surface area contributed by atoms with Crippen LogP contribution < -0.4 is 10.1 Å². The minimum absolute atomic E-state index is 0.168. The molecule has 1 saturated heterocycles. The van der Waals surface area contributed by atoms with Gasteiger partial charge in [-0.15, -0.1) is 5.10 Å². The van der Waals surface area contributed by atoms with Gasteiger partial charge in [0, 0.05) is 18.8 Å². The first kappa shape index (κ1) is 20.0. The van der Waals surface area contributed by atoms with Crippen LogP contribution in [0.1, 0.15) is 12.8 Å². The molecule has 1 aliphatic heterocycles. The van der Waals surface area contributed by atoms with Gasteiger partial charge in [-0.05, 0) is 65.7 Å². The fourth-order valence-corrected chi connectivity index (χ4v) is 4.70. The monoisotopic (exact) mass is 428 g/mol. The number of nitrogens with zero attached hydrogens (tertiary/aromatic N) is 5. The Bertz CT molecular complexity index is 1110. The zero-order chi connectivity index (χ0) is 21.0. The molecule has 2 aromatic carbocycles. The molecule has 0 atom stereocenters. The SMILES string of the molecule is O=C(COc1ccc(-n2cnnn2)cc1)Nc1cccc(S(=O)(=O)N2CCCC2)c1. The average molecular weight is 428 g/mol. The van der Waals surface area contributed by atoms with E-state index in [1.165, 1.54) is 27.4 Å². The molecule has 0 saturated carbocycles. The molecule has 1 aliphatic rings. The molecule has 1 amide bonds. The highest BCUT2D eigenvalue weighted by atomic mass is 32.2. The number of carbonyl (C=O) groups excluding carboxylic acids is 1. The number of rotatable bonds is 7. The Labute approximate surface area is 173 Å². The Morgan fingerprint density at radius 1 is 1.10 bits per heavy atom. The molecule has 1 fully saturated rings. The summed E-state index contributed by atoms with van der Waals surface area (Å²) in [5.41, 5.74) is 1.16. The Hall–Kier alpha value is -3.31. The van der Waals surface area contributed by atoms with Crippen LogP contribution in [0.3, 0.4) is 0 Å². The molecule has 0 aliphatic carbocycles. The van der Waals surface area contributed by atoms with Crippen molar-refractivity contribution in [3.05, 3.63) is 54.9 Å². The lowest BCUT2D eigenvalue weighted by molar-refractivity contribution is -0.118. The number of ether oxygens (including phenoxy) is 1. The molecule has 4 rings (SSSR count). The zero-order valence-corrected chi connectivity index (χ0v) is 16.8. The largest absolute Gasteiger partial charge is 0.484 e. The molecule has 0 radical (unpaired) electrons. The summed E-state index contributed by atoms with van der Waals surface area (Å²) in [5.74, 6) is 0.114. The van der Waals surface area contributed by atoms with Crippen molar-refractivity contribution in [1.29, 1.82) is 0 Å². The fourth-order valence-electron chi connectivity index (χ4n) is 3.13. The molecule has 0 bridgehead atoms. The van der Waals surface area contributed by atoms with Gasteiger partial charge < -0.3 is 10.1 Å². The number of hydrogen-bond acceptors (Lipinski definition) is 7. The second-order valence-corrected chi connectivity index (χ2v) is 8.66. The van der Waals surface area contributed by atoms with Crippen molar-refractivity contribution in [2.24, 2.45) is 0 Å². The van der Waals surface area contributed by atoms with Crippen LogP contribution in [0.25, 0.3) is 5.69 Å². The molecule has 30 heavy (non-hydrogen) atoms. The van der Waals surface area contributed by atoms with Crippen molar-refractivity contribution in [3.8, 4) is 11.4 Å². The highest BCUT2D eigenvalue weighted by Crippen LogP contribution is 2.23. The van der Waals surface area contributed by atoms with Crippen LogP contribution >= 0.6 is 0 Å². The number of anilines is 1. The Balaban J connectivity index is 1.35.